The number of carbonyl (C=O) groups excluding carboxylic acids is 3. The lowest BCUT2D eigenvalue weighted by molar-refractivity contribution is -0.155. The Balaban J connectivity index is 3.51. The van der Waals surface area contributed by atoms with Crippen molar-refractivity contribution in [3.05, 3.63) is 0 Å². The van der Waals surface area contributed by atoms with Crippen LogP contribution in [0.25, 0.3) is 0 Å². The number of Topliss-reactive ketones (excluding diaryl/α,β-unsaturated/α-hetero) is 3. The maximum absolute atomic E-state index is 11.3. The van der Waals surface area contributed by atoms with Gasteiger partial charge in [-0.2, -0.15) is 0 Å². The molecule has 0 radical (unpaired) electrons. The summed E-state index contributed by atoms with van der Waals surface area (Å²) in [6, 6.07) is 0. The first-order valence-electron chi connectivity index (χ1n) is 7.85. The number of hydrogen-bond donors (Lipinski definition) is 1. The van der Waals surface area contributed by atoms with E-state index in [9.17, 15) is 19.2 Å². The van der Waals surface area contributed by atoms with Crippen molar-refractivity contribution in [1.82, 2.24) is 0 Å². The lowest BCUT2D eigenvalue weighted by Gasteiger charge is -2.01. The van der Waals surface area contributed by atoms with Crippen LogP contribution in [0.1, 0.15) is 77.6 Å². The van der Waals surface area contributed by atoms with E-state index in [4.69, 9.17) is 5.11 Å². The Kier molecular flexibility index (Phi) is 11.4. The summed E-state index contributed by atoms with van der Waals surface area (Å²) in [5.41, 5.74) is 0. The topological polar surface area (TPSA) is 88.5 Å². The SMILES string of the molecule is CCCCCCCCCCCCC(=O)C(=O)C(=O)C(=O)O. The van der Waals surface area contributed by atoms with E-state index in [0.29, 0.717) is 6.42 Å². The number of rotatable bonds is 14. The molecule has 0 aliphatic heterocycles. The van der Waals surface area contributed by atoms with Gasteiger partial charge < -0.3 is 5.11 Å². The fourth-order valence-corrected chi connectivity index (χ4v) is 2.11. The van der Waals surface area contributed by atoms with Gasteiger partial charge in [0.05, 0.1) is 0 Å². The number of aliphatic carboxylic acids is 1. The summed E-state index contributed by atoms with van der Waals surface area (Å²) in [6.45, 7) is 2.19. The Morgan fingerprint density at radius 2 is 1.10 bits per heavy atom. The van der Waals surface area contributed by atoms with E-state index in [1.165, 1.54) is 38.5 Å². The Bertz CT molecular complexity index is 360. The summed E-state index contributed by atoms with van der Waals surface area (Å²) in [7, 11) is 0. The first-order chi connectivity index (χ1) is 10.0. The summed E-state index contributed by atoms with van der Waals surface area (Å²) < 4.78 is 0. The van der Waals surface area contributed by atoms with Crippen LogP contribution >= 0.6 is 0 Å². The minimum Gasteiger partial charge on any atom is -0.475 e. The second-order valence-corrected chi connectivity index (χ2v) is 5.32. The summed E-state index contributed by atoms with van der Waals surface area (Å²) in [5.74, 6) is -5.79. The monoisotopic (exact) mass is 298 g/mol. The molecule has 0 aliphatic rings. The van der Waals surface area contributed by atoms with Gasteiger partial charge >= 0.3 is 11.8 Å². The smallest absolute Gasteiger partial charge is 0.380 e. The normalized spacial score (nSPS) is 10.3. The summed E-state index contributed by atoms with van der Waals surface area (Å²) in [4.78, 5) is 43.4. The van der Waals surface area contributed by atoms with Crippen molar-refractivity contribution in [1.29, 1.82) is 0 Å². The molecule has 0 fully saturated rings. The highest BCUT2D eigenvalue weighted by atomic mass is 16.4. The van der Waals surface area contributed by atoms with Crippen LogP contribution in [-0.4, -0.2) is 28.4 Å². The fourth-order valence-electron chi connectivity index (χ4n) is 2.11. The quantitative estimate of drug-likeness (QED) is 0.302. The van der Waals surface area contributed by atoms with Crippen molar-refractivity contribution in [3.8, 4) is 0 Å². The van der Waals surface area contributed by atoms with Gasteiger partial charge in [-0.05, 0) is 6.42 Å². The number of unbranched alkanes of at least 4 members (excludes halogenated alkanes) is 9. The largest absolute Gasteiger partial charge is 0.475 e. The lowest BCUT2D eigenvalue weighted by atomic mass is 10.0. The molecule has 0 atom stereocenters. The van der Waals surface area contributed by atoms with E-state index in [2.05, 4.69) is 6.92 Å². The second-order valence-electron chi connectivity index (χ2n) is 5.32. The zero-order valence-electron chi connectivity index (χ0n) is 12.9. The molecule has 0 saturated heterocycles. The molecule has 0 amide bonds. The summed E-state index contributed by atoms with van der Waals surface area (Å²) in [6.07, 6.45) is 11.0. The molecule has 0 bridgehead atoms. The first kappa shape index (κ1) is 19.5. The molecule has 5 heteroatoms. The standard InChI is InChI=1S/C16H26O5/c1-2-3-4-5-6-7-8-9-10-11-12-13(17)14(18)15(19)16(20)21/h2-12H2,1H3,(H,20,21). The zero-order valence-corrected chi connectivity index (χ0v) is 12.9. The molecule has 0 aliphatic carbocycles. The van der Waals surface area contributed by atoms with Crippen molar-refractivity contribution in [2.45, 2.75) is 77.6 Å². The van der Waals surface area contributed by atoms with E-state index in [0.717, 1.165) is 19.3 Å². The molecule has 0 aromatic heterocycles. The predicted octanol–water partition coefficient (Wildman–Crippen LogP) is 3.09. The van der Waals surface area contributed by atoms with E-state index in [1.54, 1.807) is 0 Å². The van der Waals surface area contributed by atoms with Crippen LogP contribution < -0.4 is 0 Å². The van der Waals surface area contributed by atoms with Crippen molar-refractivity contribution >= 4 is 23.3 Å². The Hall–Kier alpha value is -1.52. The predicted molar refractivity (Wildman–Crippen MR) is 79.1 cm³/mol. The molecule has 0 spiro atoms. The Morgan fingerprint density at radius 1 is 0.667 bits per heavy atom. The van der Waals surface area contributed by atoms with Gasteiger partial charge in [-0.25, -0.2) is 4.79 Å². The van der Waals surface area contributed by atoms with Crippen molar-refractivity contribution in [2.24, 2.45) is 0 Å². The molecule has 120 valence electrons. The molecular formula is C16H26O5. The second kappa shape index (κ2) is 12.2. The third kappa shape index (κ3) is 9.93. The van der Waals surface area contributed by atoms with Crippen LogP contribution in [0.2, 0.25) is 0 Å². The molecule has 5 nitrogen and oxygen atoms in total. The fraction of sp³-hybridized carbons (Fsp3) is 0.750. The molecule has 21 heavy (non-hydrogen) atoms. The number of carboxylic acid groups (broad SMARTS) is 1. The van der Waals surface area contributed by atoms with Crippen LogP contribution in [0.5, 0.6) is 0 Å². The van der Waals surface area contributed by atoms with Crippen LogP contribution in [0.15, 0.2) is 0 Å². The maximum atomic E-state index is 11.3. The number of carbonyl (C=O) groups is 4. The molecule has 0 heterocycles. The van der Waals surface area contributed by atoms with Gasteiger partial charge in [-0.15, -0.1) is 0 Å². The number of carboxylic acids is 1. The highest BCUT2D eigenvalue weighted by Crippen LogP contribution is 2.11. The Labute approximate surface area is 126 Å². The van der Waals surface area contributed by atoms with Gasteiger partial charge in [0.15, 0.2) is 0 Å². The van der Waals surface area contributed by atoms with Gasteiger partial charge in [-0.3, -0.25) is 14.4 Å². The lowest BCUT2D eigenvalue weighted by Crippen LogP contribution is -2.29. The van der Waals surface area contributed by atoms with Crippen molar-refractivity contribution < 1.29 is 24.3 Å². The highest BCUT2D eigenvalue weighted by molar-refractivity contribution is 6.76. The van der Waals surface area contributed by atoms with Gasteiger partial charge in [0.1, 0.15) is 0 Å². The average Bonchev–Trinajstić information content (AvgIpc) is 2.47. The van der Waals surface area contributed by atoms with E-state index in [1.807, 2.05) is 0 Å². The molecule has 0 aromatic carbocycles. The molecule has 0 rings (SSSR count). The minimum atomic E-state index is -1.86. The average molecular weight is 298 g/mol. The van der Waals surface area contributed by atoms with E-state index >= 15 is 0 Å². The Morgan fingerprint density at radius 3 is 1.52 bits per heavy atom. The van der Waals surface area contributed by atoms with Gasteiger partial charge in [-0.1, -0.05) is 64.7 Å². The minimum absolute atomic E-state index is 0.0334. The first-order valence-corrected chi connectivity index (χ1v) is 7.85. The van der Waals surface area contributed by atoms with Crippen LogP contribution in [0, 0.1) is 0 Å². The molecule has 0 saturated carbocycles. The van der Waals surface area contributed by atoms with E-state index in [-0.39, 0.29) is 6.42 Å². The maximum Gasteiger partial charge on any atom is 0.380 e. The zero-order chi connectivity index (χ0) is 16.1. The summed E-state index contributed by atoms with van der Waals surface area (Å²) >= 11 is 0. The molecule has 0 unspecified atom stereocenters. The van der Waals surface area contributed by atoms with Gasteiger partial charge in [0, 0.05) is 6.42 Å². The molecule has 0 aromatic rings. The van der Waals surface area contributed by atoms with Crippen LogP contribution in [-0.2, 0) is 19.2 Å². The third-order valence-electron chi connectivity index (χ3n) is 3.41. The van der Waals surface area contributed by atoms with Crippen LogP contribution in [0.3, 0.4) is 0 Å². The molecular weight excluding hydrogens is 272 g/mol. The van der Waals surface area contributed by atoms with Crippen LogP contribution in [0.4, 0.5) is 0 Å². The summed E-state index contributed by atoms with van der Waals surface area (Å²) in [5, 5.41) is 8.32. The third-order valence-corrected chi connectivity index (χ3v) is 3.41. The highest BCUT2D eigenvalue weighted by Gasteiger charge is 2.27. The van der Waals surface area contributed by atoms with E-state index < -0.39 is 23.3 Å². The number of hydrogen-bond acceptors (Lipinski definition) is 4. The molecule has 1 N–H and O–H groups in total. The van der Waals surface area contributed by atoms with Gasteiger partial charge in [0.2, 0.25) is 5.78 Å². The van der Waals surface area contributed by atoms with Gasteiger partial charge in [0.25, 0.3) is 5.78 Å². The number of ketones is 3. The van der Waals surface area contributed by atoms with Crippen molar-refractivity contribution in [3.63, 3.8) is 0 Å². The van der Waals surface area contributed by atoms with Crippen molar-refractivity contribution in [2.75, 3.05) is 0 Å².